The van der Waals surface area contributed by atoms with Gasteiger partial charge in [0.05, 0.1) is 6.10 Å². The van der Waals surface area contributed by atoms with E-state index in [1.807, 2.05) is 0 Å². The Bertz CT molecular complexity index is 756. The molecule has 0 aromatic carbocycles. The lowest BCUT2D eigenvalue weighted by Gasteiger charge is -2.55. The predicted octanol–water partition coefficient (Wildman–Crippen LogP) is 7.97. The Morgan fingerprint density at radius 2 is 1.65 bits per heavy atom. The predicted molar refractivity (Wildman–Crippen MR) is 133 cm³/mol. The van der Waals surface area contributed by atoms with Crippen LogP contribution in [-0.2, 0) is 0 Å². The SMILES string of the molecule is CC(C)C(C)[C@@H](C)C=C[C@@H](C)[C@H]1CC[C@H]2C3=CC=C4C[C@@H](O)CC[C@]4(C)[C@H]3CC[C@]12C. The van der Waals surface area contributed by atoms with E-state index in [2.05, 4.69) is 72.8 Å². The van der Waals surface area contributed by atoms with Gasteiger partial charge in [0.15, 0.2) is 0 Å². The summed E-state index contributed by atoms with van der Waals surface area (Å²) in [6.45, 7) is 17.1. The zero-order chi connectivity index (χ0) is 22.6. The molecule has 3 fully saturated rings. The van der Waals surface area contributed by atoms with Crippen LogP contribution >= 0.6 is 0 Å². The van der Waals surface area contributed by atoms with Gasteiger partial charge in [0, 0.05) is 0 Å². The molecular formula is C30H48O. The molecule has 0 radical (unpaired) electrons. The lowest BCUT2D eigenvalue weighted by molar-refractivity contribution is 0.0382. The first kappa shape index (κ1) is 23.3. The average Bonchev–Trinajstić information content (AvgIpc) is 3.09. The van der Waals surface area contributed by atoms with Gasteiger partial charge < -0.3 is 5.11 Å². The number of rotatable bonds is 5. The molecule has 1 N–H and O–H groups in total. The van der Waals surface area contributed by atoms with Gasteiger partial charge in [0.1, 0.15) is 0 Å². The molecule has 0 aromatic rings. The lowest BCUT2D eigenvalue weighted by Crippen LogP contribution is -2.46. The van der Waals surface area contributed by atoms with Crippen molar-refractivity contribution in [3.05, 3.63) is 35.5 Å². The van der Waals surface area contributed by atoms with E-state index >= 15 is 0 Å². The van der Waals surface area contributed by atoms with Crippen molar-refractivity contribution in [2.45, 2.75) is 99.5 Å². The van der Waals surface area contributed by atoms with Crippen LogP contribution in [-0.4, -0.2) is 11.2 Å². The second kappa shape index (κ2) is 8.51. The molecule has 4 rings (SSSR count). The minimum absolute atomic E-state index is 0.118. The number of allylic oxidation sites excluding steroid dienone is 5. The van der Waals surface area contributed by atoms with Crippen molar-refractivity contribution in [1.29, 1.82) is 0 Å². The Hall–Kier alpha value is -0.820. The quantitative estimate of drug-likeness (QED) is 0.444. The van der Waals surface area contributed by atoms with Crippen LogP contribution in [0.25, 0.3) is 0 Å². The van der Waals surface area contributed by atoms with E-state index in [0.29, 0.717) is 22.7 Å². The van der Waals surface area contributed by atoms with Crippen LogP contribution in [0.5, 0.6) is 0 Å². The second-order valence-electron chi connectivity index (χ2n) is 12.7. The van der Waals surface area contributed by atoms with Crippen LogP contribution in [0, 0.1) is 52.3 Å². The molecule has 3 saturated carbocycles. The fourth-order valence-corrected chi connectivity index (χ4v) is 8.15. The van der Waals surface area contributed by atoms with E-state index in [1.165, 1.54) is 37.7 Å². The zero-order valence-corrected chi connectivity index (χ0v) is 21.3. The van der Waals surface area contributed by atoms with Crippen molar-refractivity contribution in [2.24, 2.45) is 52.3 Å². The highest BCUT2D eigenvalue weighted by Crippen LogP contribution is 2.66. The molecule has 0 bridgehead atoms. The molecule has 0 aliphatic heterocycles. The third kappa shape index (κ3) is 3.92. The van der Waals surface area contributed by atoms with Crippen LogP contribution in [0.15, 0.2) is 35.5 Å². The van der Waals surface area contributed by atoms with E-state index < -0.39 is 0 Å². The molecule has 0 saturated heterocycles. The molecule has 1 nitrogen and oxygen atoms in total. The van der Waals surface area contributed by atoms with Crippen molar-refractivity contribution < 1.29 is 5.11 Å². The van der Waals surface area contributed by atoms with Gasteiger partial charge in [-0.2, -0.15) is 0 Å². The summed E-state index contributed by atoms with van der Waals surface area (Å²) in [5.74, 6) is 5.11. The summed E-state index contributed by atoms with van der Waals surface area (Å²) >= 11 is 0. The van der Waals surface area contributed by atoms with Gasteiger partial charge in [-0.1, -0.05) is 83.9 Å². The molecule has 1 unspecified atom stereocenters. The normalized spacial score (nSPS) is 43.0. The van der Waals surface area contributed by atoms with E-state index in [-0.39, 0.29) is 6.10 Å². The van der Waals surface area contributed by atoms with Crippen molar-refractivity contribution >= 4 is 0 Å². The van der Waals surface area contributed by atoms with Gasteiger partial charge in [-0.05, 0) is 97.2 Å². The van der Waals surface area contributed by atoms with Crippen LogP contribution in [0.1, 0.15) is 93.4 Å². The third-order valence-corrected chi connectivity index (χ3v) is 10.9. The maximum atomic E-state index is 10.2. The number of fused-ring (bicyclic) bond motifs is 5. The van der Waals surface area contributed by atoms with Gasteiger partial charge in [0.2, 0.25) is 0 Å². The summed E-state index contributed by atoms with van der Waals surface area (Å²) in [5.41, 5.74) is 4.06. The molecule has 31 heavy (non-hydrogen) atoms. The largest absolute Gasteiger partial charge is 0.393 e. The first-order valence-corrected chi connectivity index (χ1v) is 13.4. The summed E-state index contributed by atoms with van der Waals surface area (Å²) in [6, 6.07) is 0. The fraction of sp³-hybridized carbons (Fsp3) is 0.800. The first-order valence-electron chi connectivity index (χ1n) is 13.4. The Morgan fingerprint density at radius 1 is 0.903 bits per heavy atom. The van der Waals surface area contributed by atoms with Crippen molar-refractivity contribution in [1.82, 2.24) is 0 Å². The molecular weight excluding hydrogens is 376 g/mol. The van der Waals surface area contributed by atoms with E-state index in [1.54, 1.807) is 5.57 Å². The molecule has 0 spiro atoms. The summed E-state index contributed by atoms with van der Waals surface area (Å²) < 4.78 is 0. The summed E-state index contributed by atoms with van der Waals surface area (Å²) in [5, 5.41) is 10.2. The smallest absolute Gasteiger partial charge is 0.0578 e. The summed E-state index contributed by atoms with van der Waals surface area (Å²) in [6.07, 6.45) is 18.5. The highest BCUT2D eigenvalue weighted by atomic mass is 16.3. The summed E-state index contributed by atoms with van der Waals surface area (Å²) in [4.78, 5) is 0. The Kier molecular flexibility index (Phi) is 6.41. The second-order valence-corrected chi connectivity index (χ2v) is 12.7. The average molecular weight is 425 g/mol. The van der Waals surface area contributed by atoms with Gasteiger partial charge in [-0.3, -0.25) is 0 Å². The lowest BCUT2D eigenvalue weighted by atomic mass is 9.50. The Labute approximate surface area is 192 Å². The molecule has 9 atom stereocenters. The molecule has 0 aromatic heterocycles. The van der Waals surface area contributed by atoms with Gasteiger partial charge >= 0.3 is 0 Å². The van der Waals surface area contributed by atoms with E-state index in [0.717, 1.165) is 42.4 Å². The Balaban J connectivity index is 1.53. The minimum atomic E-state index is -0.118. The fourth-order valence-electron chi connectivity index (χ4n) is 8.15. The molecule has 174 valence electrons. The monoisotopic (exact) mass is 424 g/mol. The maximum Gasteiger partial charge on any atom is 0.0578 e. The van der Waals surface area contributed by atoms with Crippen LogP contribution < -0.4 is 0 Å². The first-order chi connectivity index (χ1) is 14.6. The van der Waals surface area contributed by atoms with Crippen LogP contribution in [0.2, 0.25) is 0 Å². The number of aliphatic hydroxyl groups excluding tert-OH is 1. The van der Waals surface area contributed by atoms with Crippen molar-refractivity contribution in [2.75, 3.05) is 0 Å². The molecule has 4 aliphatic rings. The highest BCUT2D eigenvalue weighted by Gasteiger charge is 2.56. The van der Waals surface area contributed by atoms with Crippen molar-refractivity contribution in [3.63, 3.8) is 0 Å². The molecule has 0 heterocycles. The number of hydrogen-bond donors (Lipinski definition) is 1. The van der Waals surface area contributed by atoms with E-state index in [9.17, 15) is 5.11 Å². The summed E-state index contributed by atoms with van der Waals surface area (Å²) in [7, 11) is 0. The number of aliphatic hydroxyl groups is 1. The maximum absolute atomic E-state index is 10.2. The van der Waals surface area contributed by atoms with Gasteiger partial charge in [0.25, 0.3) is 0 Å². The molecule has 4 aliphatic carbocycles. The Morgan fingerprint density at radius 3 is 2.35 bits per heavy atom. The van der Waals surface area contributed by atoms with Gasteiger partial charge in [-0.25, -0.2) is 0 Å². The molecule has 1 heteroatoms. The zero-order valence-electron chi connectivity index (χ0n) is 21.3. The minimum Gasteiger partial charge on any atom is -0.393 e. The topological polar surface area (TPSA) is 20.2 Å². The van der Waals surface area contributed by atoms with Crippen LogP contribution in [0.4, 0.5) is 0 Å². The van der Waals surface area contributed by atoms with E-state index in [4.69, 9.17) is 0 Å². The third-order valence-electron chi connectivity index (χ3n) is 10.9. The standard InChI is InChI=1S/C30H48O/c1-19(2)22(5)20(3)8-9-21(4)26-12-13-27-25-11-10-23-18-24(31)14-16-29(23,6)28(25)15-17-30(26,27)7/h8-11,19-22,24,26-28,31H,12-18H2,1-7H3/t20-,21+,22?,24-,26+,27-,28-,29-,30+/m0/s1. The molecule has 0 amide bonds. The van der Waals surface area contributed by atoms with Crippen LogP contribution in [0.3, 0.4) is 0 Å². The number of hydrogen-bond acceptors (Lipinski definition) is 1. The van der Waals surface area contributed by atoms with Crippen molar-refractivity contribution in [3.8, 4) is 0 Å². The van der Waals surface area contributed by atoms with Gasteiger partial charge in [-0.15, -0.1) is 0 Å². The highest BCUT2D eigenvalue weighted by molar-refractivity contribution is 5.39.